The molecule has 2 saturated heterocycles. The van der Waals surface area contributed by atoms with Gasteiger partial charge in [0.1, 0.15) is 12.6 Å². The molecule has 0 bridgehead atoms. The van der Waals surface area contributed by atoms with Gasteiger partial charge in [-0.3, -0.25) is 14.4 Å². The molecule has 2 amide bonds. The van der Waals surface area contributed by atoms with E-state index in [9.17, 15) is 19.5 Å². The molecule has 8 heteroatoms. The minimum Gasteiger partial charge on any atom is -0.461 e. The number of fused-ring (bicyclic) bond motifs is 2. The summed E-state index contributed by atoms with van der Waals surface area (Å²) in [5.74, 6) is -2.34. The van der Waals surface area contributed by atoms with Crippen LogP contribution >= 0.6 is 11.8 Å². The topological polar surface area (TPSA) is 87.2 Å². The molecular formula is C31H32N2O5S. The zero-order valence-electron chi connectivity index (χ0n) is 22.0. The highest BCUT2D eigenvalue weighted by Crippen LogP contribution is 2.61. The summed E-state index contributed by atoms with van der Waals surface area (Å²) in [7, 11) is 0. The molecule has 2 fully saturated rings. The van der Waals surface area contributed by atoms with E-state index in [4.69, 9.17) is 4.74 Å². The van der Waals surface area contributed by atoms with Crippen LogP contribution in [0, 0.1) is 25.7 Å². The number of amides is 2. The van der Waals surface area contributed by atoms with Gasteiger partial charge in [-0.2, -0.15) is 0 Å². The smallest absolute Gasteiger partial charge is 0.311 e. The lowest BCUT2D eigenvalue weighted by Crippen LogP contribution is -2.57. The van der Waals surface area contributed by atoms with E-state index in [2.05, 4.69) is 0 Å². The second-order valence-electron chi connectivity index (χ2n) is 10.8. The second-order valence-corrected chi connectivity index (χ2v) is 12.3. The van der Waals surface area contributed by atoms with Crippen molar-refractivity contribution in [1.29, 1.82) is 0 Å². The summed E-state index contributed by atoms with van der Waals surface area (Å²) in [4.78, 5) is 45.8. The van der Waals surface area contributed by atoms with Crippen molar-refractivity contribution in [3.63, 3.8) is 0 Å². The molecule has 1 spiro atoms. The fourth-order valence-corrected chi connectivity index (χ4v) is 8.86. The Morgan fingerprint density at radius 3 is 2.49 bits per heavy atom. The first-order valence-corrected chi connectivity index (χ1v) is 14.3. The first kappa shape index (κ1) is 25.9. The molecule has 2 aromatic carbocycles. The number of anilines is 1. The van der Waals surface area contributed by atoms with Gasteiger partial charge in [0.2, 0.25) is 5.91 Å². The zero-order valence-corrected chi connectivity index (χ0v) is 22.8. The van der Waals surface area contributed by atoms with E-state index in [1.54, 1.807) is 9.80 Å². The molecule has 4 aliphatic rings. The summed E-state index contributed by atoms with van der Waals surface area (Å²) in [5.41, 5.74) is 3.74. The summed E-state index contributed by atoms with van der Waals surface area (Å²) in [6, 6.07) is 14.1. The van der Waals surface area contributed by atoms with Gasteiger partial charge < -0.3 is 19.6 Å². The molecule has 6 rings (SSSR count). The minimum atomic E-state index is -0.959. The standard InChI is InChI=1S/C31H32N2O5S/c1-19-9-6-10-20(2)26(19)32-15-8-14-31-25(24-23(39-31)13-7-16-38-30(24)37)28(35)33(27(31)29(32)36)22(18-34)17-21-11-4-3-5-12-21/h3-14,22-25,27,34H,15-18H2,1-2H3/t22-,23-,24+,25+,27?,31+/m1/s1. The van der Waals surface area contributed by atoms with E-state index in [-0.39, 0.29) is 30.3 Å². The van der Waals surface area contributed by atoms with Crippen LogP contribution in [0.2, 0.25) is 0 Å². The van der Waals surface area contributed by atoms with E-state index in [1.165, 1.54) is 11.8 Å². The molecule has 39 heavy (non-hydrogen) atoms. The first-order valence-electron chi connectivity index (χ1n) is 13.4. The van der Waals surface area contributed by atoms with Crippen molar-refractivity contribution in [3.8, 4) is 0 Å². The molecule has 1 unspecified atom stereocenters. The molecule has 0 aliphatic carbocycles. The third-order valence-electron chi connectivity index (χ3n) is 8.48. The van der Waals surface area contributed by atoms with Gasteiger partial charge in [0, 0.05) is 17.5 Å². The number of cyclic esters (lactones) is 1. The number of ether oxygens (including phenoxy) is 1. The Kier molecular flexibility index (Phi) is 6.63. The molecule has 0 radical (unpaired) electrons. The number of hydrogen-bond donors (Lipinski definition) is 1. The highest BCUT2D eigenvalue weighted by molar-refractivity contribution is 8.02. The summed E-state index contributed by atoms with van der Waals surface area (Å²) in [6.45, 7) is 4.19. The lowest BCUT2D eigenvalue weighted by molar-refractivity contribution is -0.152. The Labute approximate surface area is 232 Å². The number of rotatable bonds is 5. The number of para-hydroxylation sites is 1. The summed E-state index contributed by atoms with van der Waals surface area (Å²) in [5, 5.41) is 10.4. The number of benzene rings is 2. The van der Waals surface area contributed by atoms with E-state index < -0.39 is 34.6 Å². The number of nitrogens with zero attached hydrogens (tertiary/aromatic N) is 2. The molecule has 202 valence electrons. The monoisotopic (exact) mass is 544 g/mol. The highest BCUT2D eigenvalue weighted by atomic mass is 32.2. The van der Waals surface area contributed by atoms with Crippen molar-refractivity contribution in [2.45, 2.75) is 42.3 Å². The van der Waals surface area contributed by atoms with Crippen LogP contribution in [0.25, 0.3) is 0 Å². The van der Waals surface area contributed by atoms with Crippen LogP contribution in [-0.4, -0.2) is 69.6 Å². The molecule has 1 N–H and O–H groups in total. The predicted octanol–water partition coefficient (Wildman–Crippen LogP) is 3.22. The number of esters is 1. The largest absolute Gasteiger partial charge is 0.461 e. The van der Waals surface area contributed by atoms with Crippen molar-refractivity contribution in [2.75, 3.05) is 24.7 Å². The fraction of sp³-hybridized carbons (Fsp3) is 0.387. The molecule has 0 saturated carbocycles. The molecular weight excluding hydrogens is 512 g/mol. The highest BCUT2D eigenvalue weighted by Gasteiger charge is 2.72. The van der Waals surface area contributed by atoms with Crippen LogP contribution in [0.15, 0.2) is 72.8 Å². The zero-order chi connectivity index (χ0) is 27.3. The predicted molar refractivity (Wildman–Crippen MR) is 150 cm³/mol. The third kappa shape index (κ3) is 4.03. The average Bonchev–Trinajstić information content (AvgIpc) is 3.23. The summed E-state index contributed by atoms with van der Waals surface area (Å²) >= 11 is 1.51. The molecule has 7 nitrogen and oxygen atoms in total. The first-order chi connectivity index (χ1) is 18.9. The van der Waals surface area contributed by atoms with Gasteiger partial charge in [-0.25, -0.2) is 0 Å². The van der Waals surface area contributed by atoms with Crippen molar-refractivity contribution < 1.29 is 24.2 Å². The molecule has 6 atom stereocenters. The van der Waals surface area contributed by atoms with E-state index in [0.717, 1.165) is 22.4 Å². The number of carbonyl (C=O) groups is 3. The normalized spacial score (nSPS) is 30.4. The van der Waals surface area contributed by atoms with Gasteiger partial charge in [-0.15, -0.1) is 11.8 Å². The average molecular weight is 545 g/mol. The number of aryl methyl sites for hydroxylation is 2. The number of aliphatic hydroxyl groups is 1. The number of likely N-dealkylation sites (tertiary alicyclic amines) is 1. The van der Waals surface area contributed by atoms with Gasteiger partial charge in [-0.1, -0.05) is 72.8 Å². The Bertz CT molecular complexity index is 1350. The number of aliphatic hydroxyl groups excluding tert-OH is 1. The van der Waals surface area contributed by atoms with Crippen LogP contribution in [0.3, 0.4) is 0 Å². The van der Waals surface area contributed by atoms with Crippen LogP contribution in [0.1, 0.15) is 16.7 Å². The fourth-order valence-electron chi connectivity index (χ4n) is 6.87. The minimum absolute atomic E-state index is 0.176. The summed E-state index contributed by atoms with van der Waals surface area (Å²) < 4.78 is 4.51. The third-order valence-corrected chi connectivity index (χ3v) is 10.2. The Hall–Kier alpha value is -3.36. The number of carbonyl (C=O) groups excluding carboxylic acids is 3. The van der Waals surface area contributed by atoms with Gasteiger partial charge in [0.15, 0.2) is 0 Å². The van der Waals surface area contributed by atoms with Gasteiger partial charge in [0.25, 0.3) is 5.91 Å². The molecule has 2 aromatic rings. The van der Waals surface area contributed by atoms with Crippen molar-refractivity contribution in [3.05, 3.63) is 89.5 Å². The maximum atomic E-state index is 14.7. The molecule has 0 aromatic heterocycles. The van der Waals surface area contributed by atoms with Crippen molar-refractivity contribution in [2.24, 2.45) is 11.8 Å². The number of thioether (sulfide) groups is 1. The van der Waals surface area contributed by atoms with E-state index >= 15 is 0 Å². The van der Waals surface area contributed by atoms with E-state index in [0.29, 0.717) is 13.0 Å². The molecule has 4 heterocycles. The van der Waals surface area contributed by atoms with Crippen molar-refractivity contribution in [1.82, 2.24) is 4.90 Å². The second kappa shape index (κ2) is 9.99. The van der Waals surface area contributed by atoms with Crippen molar-refractivity contribution >= 4 is 35.2 Å². The quantitative estimate of drug-likeness (QED) is 0.460. The van der Waals surface area contributed by atoms with Gasteiger partial charge in [0.05, 0.1) is 29.2 Å². The van der Waals surface area contributed by atoms with Gasteiger partial charge in [-0.05, 0) is 37.0 Å². The summed E-state index contributed by atoms with van der Waals surface area (Å²) in [6.07, 6.45) is 8.12. The SMILES string of the molecule is Cc1cccc(C)c1N1CC=C[C@]23S[C@@H]4C=CCOC(=O)[C@@H]4[C@H]2C(=O)N([C@@H](CO)Cc2ccccc2)C3C1=O. The van der Waals surface area contributed by atoms with Crippen LogP contribution in [-0.2, 0) is 25.5 Å². The molecule has 4 aliphatic heterocycles. The van der Waals surface area contributed by atoms with Crippen LogP contribution < -0.4 is 4.90 Å². The van der Waals surface area contributed by atoms with Crippen LogP contribution in [0.5, 0.6) is 0 Å². The Balaban J connectivity index is 1.50. The maximum Gasteiger partial charge on any atom is 0.311 e. The van der Waals surface area contributed by atoms with Crippen LogP contribution in [0.4, 0.5) is 5.69 Å². The lowest BCUT2D eigenvalue weighted by Gasteiger charge is -2.39. The maximum absolute atomic E-state index is 14.7. The van der Waals surface area contributed by atoms with Gasteiger partial charge >= 0.3 is 5.97 Å². The Morgan fingerprint density at radius 1 is 1.03 bits per heavy atom. The Morgan fingerprint density at radius 2 is 1.77 bits per heavy atom. The lowest BCUT2D eigenvalue weighted by atomic mass is 9.78. The van der Waals surface area contributed by atoms with E-state index in [1.807, 2.05) is 86.7 Å². The number of hydrogen-bond acceptors (Lipinski definition) is 6.